The van der Waals surface area contributed by atoms with Crippen LogP contribution in [-0.2, 0) is 6.42 Å². The Kier molecular flexibility index (Phi) is 2.39. The second-order valence-corrected chi connectivity index (χ2v) is 4.89. The summed E-state index contributed by atoms with van der Waals surface area (Å²) >= 11 is 0. The summed E-state index contributed by atoms with van der Waals surface area (Å²) in [6.07, 6.45) is 3.61. The van der Waals surface area contributed by atoms with Gasteiger partial charge >= 0.3 is 0 Å². The second-order valence-electron chi connectivity index (χ2n) is 4.89. The van der Waals surface area contributed by atoms with E-state index in [1.165, 1.54) is 12.8 Å². The van der Waals surface area contributed by atoms with Gasteiger partial charge in [0, 0.05) is 11.8 Å². The van der Waals surface area contributed by atoms with E-state index in [1.54, 1.807) is 10.7 Å². The Morgan fingerprint density at radius 3 is 2.82 bits per heavy atom. The van der Waals surface area contributed by atoms with Gasteiger partial charge in [-0.3, -0.25) is 9.89 Å². The Morgan fingerprint density at radius 1 is 1.35 bits per heavy atom. The van der Waals surface area contributed by atoms with Crippen molar-refractivity contribution in [2.45, 2.75) is 26.2 Å². The molecule has 0 bridgehead atoms. The Bertz CT molecular complexity index is 590. The van der Waals surface area contributed by atoms with Crippen molar-refractivity contribution in [3.05, 3.63) is 51.9 Å². The predicted molar refractivity (Wildman–Crippen MR) is 67.6 cm³/mol. The summed E-state index contributed by atoms with van der Waals surface area (Å²) in [5.41, 5.74) is 3.14. The molecule has 0 aliphatic heterocycles. The number of aromatic nitrogens is 2. The highest BCUT2D eigenvalue weighted by atomic mass is 16.1. The van der Waals surface area contributed by atoms with Crippen LogP contribution in [0.2, 0.25) is 0 Å². The van der Waals surface area contributed by atoms with Crippen molar-refractivity contribution in [3.63, 3.8) is 0 Å². The molecule has 1 aliphatic rings. The Labute approximate surface area is 100 Å². The Morgan fingerprint density at radius 2 is 2.12 bits per heavy atom. The lowest BCUT2D eigenvalue weighted by Gasteiger charge is -2.05. The molecule has 3 rings (SSSR count). The molecule has 2 aromatic rings. The van der Waals surface area contributed by atoms with Crippen LogP contribution in [-0.4, -0.2) is 9.78 Å². The smallest absolute Gasteiger partial charge is 0.271 e. The average Bonchev–Trinajstić information content (AvgIpc) is 3.03. The van der Waals surface area contributed by atoms with Crippen molar-refractivity contribution in [1.82, 2.24) is 9.78 Å². The van der Waals surface area contributed by atoms with Gasteiger partial charge in [-0.05, 0) is 43.7 Å². The number of hydrogen-bond acceptors (Lipinski definition) is 1. The van der Waals surface area contributed by atoms with Gasteiger partial charge in [-0.1, -0.05) is 18.2 Å². The number of nitrogens with zero attached hydrogens (tertiary/aromatic N) is 1. The quantitative estimate of drug-likeness (QED) is 0.860. The maximum Gasteiger partial charge on any atom is 0.271 e. The van der Waals surface area contributed by atoms with Gasteiger partial charge < -0.3 is 0 Å². The number of aryl methyl sites for hydroxylation is 1. The van der Waals surface area contributed by atoms with Gasteiger partial charge in [0.1, 0.15) is 0 Å². The summed E-state index contributed by atoms with van der Waals surface area (Å²) in [7, 11) is 0. The van der Waals surface area contributed by atoms with Gasteiger partial charge in [-0.2, -0.15) is 0 Å². The average molecular weight is 228 g/mol. The van der Waals surface area contributed by atoms with E-state index in [0.29, 0.717) is 0 Å². The number of aromatic amines is 1. The van der Waals surface area contributed by atoms with Crippen LogP contribution in [0.25, 0.3) is 5.69 Å². The molecule has 1 saturated carbocycles. The molecule has 0 radical (unpaired) electrons. The van der Waals surface area contributed by atoms with Crippen molar-refractivity contribution in [2.75, 3.05) is 0 Å². The largest absolute Gasteiger partial charge is 0.295 e. The molecule has 0 amide bonds. The fourth-order valence-electron chi connectivity index (χ4n) is 2.18. The standard InChI is InChI=1S/C14H16N2O/c1-10-4-2-3-5-13(10)16-14(17)9-12(15-16)8-11-6-7-11/h2-5,9,11,15H,6-8H2,1H3. The molecule has 0 atom stereocenters. The van der Waals surface area contributed by atoms with Crippen LogP contribution in [0.15, 0.2) is 35.1 Å². The summed E-state index contributed by atoms with van der Waals surface area (Å²) in [5.74, 6) is 0.790. The molecule has 17 heavy (non-hydrogen) atoms. The lowest BCUT2D eigenvalue weighted by atomic mass is 10.2. The highest BCUT2D eigenvalue weighted by molar-refractivity contribution is 5.39. The molecular weight excluding hydrogens is 212 g/mol. The molecule has 3 heteroatoms. The molecule has 1 aliphatic carbocycles. The normalized spacial score (nSPS) is 15.1. The minimum absolute atomic E-state index is 0.0370. The molecule has 1 aromatic heterocycles. The minimum Gasteiger partial charge on any atom is -0.295 e. The van der Waals surface area contributed by atoms with E-state index >= 15 is 0 Å². The van der Waals surface area contributed by atoms with Gasteiger partial charge in [0.2, 0.25) is 0 Å². The highest BCUT2D eigenvalue weighted by Crippen LogP contribution is 2.31. The van der Waals surface area contributed by atoms with Gasteiger partial charge in [0.15, 0.2) is 0 Å². The third kappa shape index (κ3) is 2.05. The summed E-state index contributed by atoms with van der Waals surface area (Å²) in [6.45, 7) is 2.02. The first-order chi connectivity index (χ1) is 8.24. The third-order valence-electron chi connectivity index (χ3n) is 3.34. The number of rotatable bonds is 3. The zero-order chi connectivity index (χ0) is 11.8. The maximum atomic E-state index is 11.9. The summed E-state index contributed by atoms with van der Waals surface area (Å²) < 4.78 is 1.65. The van der Waals surface area contributed by atoms with Crippen LogP contribution in [0.1, 0.15) is 24.1 Å². The molecule has 0 saturated heterocycles. The van der Waals surface area contributed by atoms with E-state index in [2.05, 4.69) is 5.10 Å². The van der Waals surface area contributed by atoms with E-state index in [9.17, 15) is 4.79 Å². The topological polar surface area (TPSA) is 37.8 Å². The van der Waals surface area contributed by atoms with Crippen LogP contribution < -0.4 is 5.56 Å². The van der Waals surface area contributed by atoms with E-state index in [0.717, 1.165) is 29.3 Å². The molecule has 1 heterocycles. The molecule has 0 spiro atoms. The predicted octanol–water partition coefficient (Wildman–Crippen LogP) is 2.43. The van der Waals surface area contributed by atoms with Gasteiger partial charge in [-0.25, -0.2) is 4.68 Å². The molecular formula is C14H16N2O. The lowest BCUT2D eigenvalue weighted by molar-refractivity contribution is 0.757. The van der Waals surface area contributed by atoms with Gasteiger partial charge in [0.25, 0.3) is 5.56 Å². The monoisotopic (exact) mass is 228 g/mol. The third-order valence-corrected chi connectivity index (χ3v) is 3.34. The summed E-state index contributed by atoms with van der Waals surface area (Å²) in [4.78, 5) is 11.9. The lowest BCUT2D eigenvalue weighted by Crippen LogP contribution is -2.14. The molecule has 1 fully saturated rings. The van der Waals surface area contributed by atoms with Gasteiger partial charge in [-0.15, -0.1) is 0 Å². The zero-order valence-corrected chi connectivity index (χ0v) is 9.94. The summed E-state index contributed by atoms with van der Waals surface area (Å²) in [5, 5.41) is 3.21. The number of para-hydroxylation sites is 1. The molecule has 1 aromatic carbocycles. The SMILES string of the molecule is Cc1ccccc1-n1[nH]c(CC2CC2)cc1=O. The van der Waals surface area contributed by atoms with Crippen LogP contribution in [0.3, 0.4) is 0 Å². The van der Waals surface area contributed by atoms with Crippen molar-refractivity contribution < 1.29 is 0 Å². The minimum atomic E-state index is 0.0370. The van der Waals surface area contributed by atoms with Crippen LogP contribution in [0, 0.1) is 12.8 Å². The number of hydrogen-bond donors (Lipinski definition) is 1. The Hall–Kier alpha value is -1.77. The zero-order valence-electron chi connectivity index (χ0n) is 9.94. The fraction of sp³-hybridized carbons (Fsp3) is 0.357. The first-order valence-electron chi connectivity index (χ1n) is 6.11. The first kappa shape index (κ1) is 10.4. The van der Waals surface area contributed by atoms with Crippen LogP contribution in [0.4, 0.5) is 0 Å². The van der Waals surface area contributed by atoms with Crippen LogP contribution >= 0.6 is 0 Å². The van der Waals surface area contributed by atoms with E-state index in [1.807, 2.05) is 31.2 Å². The van der Waals surface area contributed by atoms with Crippen molar-refractivity contribution in [1.29, 1.82) is 0 Å². The summed E-state index contributed by atoms with van der Waals surface area (Å²) in [6, 6.07) is 9.65. The molecule has 88 valence electrons. The number of nitrogens with one attached hydrogen (secondary N) is 1. The number of H-pyrrole nitrogens is 1. The van der Waals surface area contributed by atoms with Crippen LogP contribution in [0.5, 0.6) is 0 Å². The first-order valence-corrected chi connectivity index (χ1v) is 6.11. The van der Waals surface area contributed by atoms with Crippen molar-refractivity contribution in [3.8, 4) is 5.69 Å². The highest BCUT2D eigenvalue weighted by Gasteiger charge is 2.22. The Balaban J connectivity index is 1.99. The van der Waals surface area contributed by atoms with Crippen molar-refractivity contribution in [2.24, 2.45) is 5.92 Å². The maximum absolute atomic E-state index is 11.9. The molecule has 3 nitrogen and oxygen atoms in total. The fourth-order valence-corrected chi connectivity index (χ4v) is 2.18. The molecule has 1 N–H and O–H groups in total. The van der Waals surface area contributed by atoms with Crippen molar-refractivity contribution >= 4 is 0 Å². The van der Waals surface area contributed by atoms with E-state index < -0.39 is 0 Å². The van der Waals surface area contributed by atoms with E-state index in [4.69, 9.17) is 0 Å². The molecule has 0 unspecified atom stereocenters. The number of benzene rings is 1. The van der Waals surface area contributed by atoms with Gasteiger partial charge in [0.05, 0.1) is 5.69 Å². The second kappa shape index (κ2) is 3.91. The van der Waals surface area contributed by atoms with E-state index in [-0.39, 0.29) is 5.56 Å².